The zero-order valence-corrected chi connectivity index (χ0v) is 8.53. The quantitative estimate of drug-likeness (QED) is 0.802. The number of hydrogen-bond donors (Lipinski definition) is 1. The van der Waals surface area contributed by atoms with E-state index in [-0.39, 0.29) is 6.10 Å². The molecule has 2 atom stereocenters. The smallest absolute Gasteiger partial charge is 0.132 e. The van der Waals surface area contributed by atoms with Crippen LogP contribution in [-0.2, 0) is 4.74 Å². The molecule has 1 aliphatic rings. The molecule has 3 heteroatoms. The molecule has 0 saturated carbocycles. The third-order valence-electron chi connectivity index (χ3n) is 2.59. The molecule has 2 rings (SSSR count). The first-order chi connectivity index (χ1) is 6.86. The Balaban J connectivity index is 1.84. The predicted molar refractivity (Wildman–Crippen MR) is 54.1 cm³/mol. The van der Waals surface area contributed by atoms with E-state index in [4.69, 9.17) is 9.15 Å². The zero-order chi connectivity index (χ0) is 9.80. The normalized spacial score (nSPS) is 24.8. The second-order valence-electron chi connectivity index (χ2n) is 3.76. The van der Waals surface area contributed by atoms with Gasteiger partial charge in [-0.15, -0.1) is 0 Å². The van der Waals surface area contributed by atoms with E-state index in [2.05, 4.69) is 5.32 Å². The first kappa shape index (κ1) is 9.74. The molecule has 0 spiro atoms. The molecule has 0 aliphatic carbocycles. The minimum Gasteiger partial charge on any atom is -0.467 e. The van der Waals surface area contributed by atoms with Crippen LogP contribution < -0.4 is 5.32 Å². The Morgan fingerprint density at radius 2 is 2.57 bits per heavy atom. The van der Waals surface area contributed by atoms with Crippen molar-refractivity contribution < 1.29 is 9.15 Å². The van der Waals surface area contributed by atoms with Crippen LogP contribution in [0.25, 0.3) is 0 Å². The Morgan fingerprint density at radius 1 is 1.64 bits per heavy atom. The molecule has 0 unspecified atom stereocenters. The van der Waals surface area contributed by atoms with E-state index in [0.717, 1.165) is 25.3 Å². The third-order valence-corrected chi connectivity index (χ3v) is 2.59. The number of ether oxygens (including phenoxy) is 1. The molecule has 3 nitrogen and oxygen atoms in total. The number of furan rings is 1. The van der Waals surface area contributed by atoms with Crippen LogP contribution in [0.3, 0.4) is 0 Å². The molecule has 14 heavy (non-hydrogen) atoms. The van der Waals surface area contributed by atoms with Crippen LogP contribution in [0.15, 0.2) is 22.8 Å². The predicted octanol–water partition coefficient (Wildman–Crippen LogP) is 2.11. The highest BCUT2D eigenvalue weighted by Gasteiger charge is 2.18. The summed E-state index contributed by atoms with van der Waals surface area (Å²) in [5.74, 6) is 0.913. The average Bonchev–Trinajstić information content (AvgIpc) is 2.72. The van der Waals surface area contributed by atoms with Crippen molar-refractivity contribution in [1.82, 2.24) is 5.32 Å². The van der Waals surface area contributed by atoms with E-state index in [1.54, 1.807) is 6.26 Å². The molecular formula is C11H17NO2. The highest BCUT2D eigenvalue weighted by Crippen LogP contribution is 2.20. The molecule has 0 aromatic carbocycles. The van der Waals surface area contributed by atoms with Crippen LogP contribution in [-0.4, -0.2) is 19.2 Å². The van der Waals surface area contributed by atoms with Crippen molar-refractivity contribution in [2.45, 2.75) is 32.0 Å². The van der Waals surface area contributed by atoms with Crippen molar-refractivity contribution in [2.24, 2.45) is 0 Å². The second kappa shape index (κ2) is 4.62. The summed E-state index contributed by atoms with van der Waals surface area (Å²) in [7, 11) is 0. The van der Waals surface area contributed by atoms with E-state index in [0.29, 0.717) is 6.10 Å². The van der Waals surface area contributed by atoms with Gasteiger partial charge in [-0.25, -0.2) is 0 Å². The molecule has 2 heterocycles. The highest BCUT2D eigenvalue weighted by molar-refractivity contribution is 5.01. The van der Waals surface area contributed by atoms with Gasteiger partial charge >= 0.3 is 0 Å². The van der Waals surface area contributed by atoms with Gasteiger partial charge in [-0.1, -0.05) is 0 Å². The van der Waals surface area contributed by atoms with Gasteiger partial charge < -0.3 is 14.5 Å². The summed E-state index contributed by atoms with van der Waals surface area (Å²) in [6.07, 6.45) is 4.45. The van der Waals surface area contributed by atoms with E-state index in [1.807, 2.05) is 19.1 Å². The van der Waals surface area contributed by atoms with Gasteiger partial charge in [-0.3, -0.25) is 0 Å². The lowest BCUT2D eigenvalue weighted by molar-refractivity contribution is -0.0245. The molecule has 0 amide bonds. The van der Waals surface area contributed by atoms with Gasteiger partial charge in [0, 0.05) is 6.54 Å². The van der Waals surface area contributed by atoms with Crippen LogP contribution in [0.1, 0.15) is 31.6 Å². The van der Waals surface area contributed by atoms with Crippen LogP contribution in [0.5, 0.6) is 0 Å². The maximum absolute atomic E-state index is 5.88. The molecule has 1 aromatic rings. The molecule has 78 valence electrons. The minimum absolute atomic E-state index is 0.0647. The van der Waals surface area contributed by atoms with Gasteiger partial charge in [-0.05, 0) is 38.4 Å². The summed E-state index contributed by atoms with van der Waals surface area (Å²) in [5.41, 5.74) is 0. The first-order valence-electron chi connectivity index (χ1n) is 5.26. The number of piperidine rings is 1. The van der Waals surface area contributed by atoms with E-state index >= 15 is 0 Å². The maximum Gasteiger partial charge on any atom is 0.132 e. The van der Waals surface area contributed by atoms with Gasteiger partial charge in [0.2, 0.25) is 0 Å². The second-order valence-corrected chi connectivity index (χ2v) is 3.76. The van der Waals surface area contributed by atoms with Crippen molar-refractivity contribution in [3.05, 3.63) is 24.2 Å². The van der Waals surface area contributed by atoms with Gasteiger partial charge in [0.25, 0.3) is 0 Å². The Hall–Kier alpha value is -0.800. The van der Waals surface area contributed by atoms with E-state index < -0.39 is 0 Å². The van der Waals surface area contributed by atoms with Crippen LogP contribution in [0.2, 0.25) is 0 Å². The molecule has 1 N–H and O–H groups in total. The van der Waals surface area contributed by atoms with Crippen molar-refractivity contribution in [3.63, 3.8) is 0 Å². The standard InChI is InChI=1S/C11H17NO2/c1-9(11-5-3-7-13-11)14-10-4-2-6-12-8-10/h3,5,7,9-10,12H,2,4,6,8H2,1H3/t9-,10-/m1/s1. The lowest BCUT2D eigenvalue weighted by atomic mass is 10.1. The highest BCUT2D eigenvalue weighted by atomic mass is 16.5. The molecular weight excluding hydrogens is 178 g/mol. The van der Waals surface area contributed by atoms with E-state index in [1.165, 1.54) is 6.42 Å². The Bertz CT molecular complexity index is 252. The lowest BCUT2D eigenvalue weighted by Crippen LogP contribution is -2.35. The lowest BCUT2D eigenvalue weighted by Gasteiger charge is -2.25. The fraction of sp³-hybridized carbons (Fsp3) is 0.636. The van der Waals surface area contributed by atoms with Crippen LogP contribution in [0.4, 0.5) is 0 Å². The molecule has 1 aromatic heterocycles. The zero-order valence-electron chi connectivity index (χ0n) is 8.53. The van der Waals surface area contributed by atoms with Crippen molar-refractivity contribution >= 4 is 0 Å². The Kier molecular flexibility index (Phi) is 3.22. The molecule has 1 saturated heterocycles. The van der Waals surface area contributed by atoms with Crippen LogP contribution in [0, 0.1) is 0 Å². The largest absolute Gasteiger partial charge is 0.467 e. The summed E-state index contributed by atoms with van der Waals surface area (Å²) in [5, 5.41) is 3.33. The molecule has 0 radical (unpaired) electrons. The summed E-state index contributed by atoms with van der Waals surface area (Å²) >= 11 is 0. The number of rotatable bonds is 3. The SMILES string of the molecule is C[C@@H](O[C@@H]1CCCNC1)c1ccco1. The van der Waals surface area contributed by atoms with Crippen molar-refractivity contribution in [2.75, 3.05) is 13.1 Å². The molecule has 0 bridgehead atoms. The fourth-order valence-corrected chi connectivity index (χ4v) is 1.81. The third kappa shape index (κ3) is 2.36. The molecule has 1 aliphatic heterocycles. The summed E-state index contributed by atoms with van der Waals surface area (Å²) < 4.78 is 11.2. The van der Waals surface area contributed by atoms with Gasteiger partial charge in [0.1, 0.15) is 11.9 Å². The van der Waals surface area contributed by atoms with Crippen molar-refractivity contribution in [1.29, 1.82) is 0 Å². The van der Waals surface area contributed by atoms with Crippen molar-refractivity contribution in [3.8, 4) is 0 Å². The number of hydrogen-bond acceptors (Lipinski definition) is 3. The average molecular weight is 195 g/mol. The van der Waals surface area contributed by atoms with Gasteiger partial charge in [0.15, 0.2) is 0 Å². The van der Waals surface area contributed by atoms with Gasteiger partial charge in [0.05, 0.1) is 12.4 Å². The topological polar surface area (TPSA) is 34.4 Å². The number of nitrogens with one attached hydrogen (secondary N) is 1. The van der Waals surface area contributed by atoms with Gasteiger partial charge in [-0.2, -0.15) is 0 Å². The van der Waals surface area contributed by atoms with E-state index in [9.17, 15) is 0 Å². The van der Waals surface area contributed by atoms with Crippen LogP contribution >= 0.6 is 0 Å². The summed E-state index contributed by atoms with van der Waals surface area (Å²) in [6.45, 7) is 4.12. The fourth-order valence-electron chi connectivity index (χ4n) is 1.81. The summed E-state index contributed by atoms with van der Waals surface area (Å²) in [6, 6.07) is 3.86. The molecule has 1 fully saturated rings. The Morgan fingerprint density at radius 3 is 3.21 bits per heavy atom. The Labute approximate surface area is 84.4 Å². The minimum atomic E-state index is 0.0647. The monoisotopic (exact) mass is 195 g/mol. The maximum atomic E-state index is 5.88. The first-order valence-corrected chi connectivity index (χ1v) is 5.26. The summed E-state index contributed by atoms with van der Waals surface area (Å²) in [4.78, 5) is 0.